The van der Waals surface area contributed by atoms with E-state index in [0.717, 1.165) is 5.56 Å². The molecule has 4 rings (SSSR count). The Morgan fingerprint density at radius 3 is 2.32 bits per heavy atom. The average molecular weight is 413 g/mol. The minimum Gasteiger partial charge on any atom is -0.494 e. The first kappa shape index (κ1) is 20.0. The van der Waals surface area contributed by atoms with Gasteiger partial charge in [0.2, 0.25) is 0 Å². The van der Waals surface area contributed by atoms with Crippen molar-refractivity contribution in [1.82, 2.24) is 15.3 Å². The zero-order chi connectivity index (χ0) is 21.8. The van der Waals surface area contributed by atoms with Crippen LogP contribution in [0.3, 0.4) is 0 Å². The Hall–Kier alpha value is -4.26. The second-order valence-electron chi connectivity index (χ2n) is 6.78. The van der Waals surface area contributed by atoms with E-state index in [9.17, 15) is 14.7 Å². The molecule has 0 bridgehead atoms. The molecule has 0 saturated heterocycles. The number of carboxylic acids is 1. The van der Waals surface area contributed by atoms with E-state index in [1.807, 2.05) is 36.4 Å². The van der Waals surface area contributed by atoms with Gasteiger partial charge in [0.25, 0.3) is 5.91 Å². The highest BCUT2D eigenvalue weighted by Gasteiger charge is 2.27. The number of methoxy groups -OCH3 is 1. The summed E-state index contributed by atoms with van der Waals surface area (Å²) >= 11 is 0. The Labute approximate surface area is 178 Å². The number of para-hydroxylation sites is 1. The summed E-state index contributed by atoms with van der Waals surface area (Å²) in [7, 11) is 1.46. The van der Waals surface area contributed by atoms with Crippen LogP contribution >= 0.6 is 0 Å². The van der Waals surface area contributed by atoms with Gasteiger partial charge in [-0.3, -0.25) is 9.78 Å². The normalized spacial score (nSPS) is 11.6. The number of aromatic nitrogens is 2. The van der Waals surface area contributed by atoms with E-state index >= 15 is 0 Å². The number of carbonyl (C=O) groups excluding carboxylic acids is 1. The lowest BCUT2D eigenvalue weighted by atomic mass is 10.0. The highest BCUT2D eigenvalue weighted by Crippen LogP contribution is 2.36. The molecule has 2 heterocycles. The molecule has 7 nitrogen and oxygen atoms in total. The van der Waals surface area contributed by atoms with Gasteiger partial charge in [0, 0.05) is 23.3 Å². The lowest BCUT2D eigenvalue weighted by Gasteiger charge is -2.19. The molecule has 0 saturated carbocycles. The van der Waals surface area contributed by atoms with Crippen LogP contribution in [-0.4, -0.2) is 34.1 Å². The quantitative estimate of drug-likeness (QED) is 0.498. The van der Waals surface area contributed by atoms with Crippen LogP contribution in [0.1, 0.15) is 22.0 Å². The van der Waals surface area contributed by atoms with Crippen LogP contribution in [-0.2, 0) is 4.79 Å². The van der Waals surface area contributed by atoms with E-state index in [1.54, 1.807) is 30.3 Å². The smallest absolute Gasteiger partial charge is 0.330 e. The monoisotopic (exact) mass is 413 g/mol. The molecule has 1 atom stereocenters. The summed E-state index contributed by atoms with van der Waals surface area (Å²) in [4.78, 5) is 33.9. The van der Waals surface area contributed by atoms with Gasteiger partial charge in [-0.15, -0.1) is 0 Å². The molecule has 1 amide bonds. The fourth-order valence-corrected chi connectivity index (χ4v) is 3.46. The van der Waals surface area contributed by atoms with Crippen molar-refractivity contribution in [1.29, 1.82) is 0 Å². The van der Waals surface area contributed by atoms with Crippen molar-refractivity contribution >= 4 is 22.8 Å². The van der Waals surface area contributed by atoms with Gasteiger partial charge in [0.05, 0.1) is 18.2 Å². The summed E-state index contributed by atoms with van der Waals surface area (Å²) < 4.78 is 5.63. The predicted octanol–water partition coefficient (Wildman–Crippen LogP) is 3.86. The second kappa shape index (κ2) is 8.62. The van der Waals surface area contributed by atoms with E-state index in [1.165, 1.54) is 19.5 Å². The molecule has 0 radical (unpaired) electrons. The molecule has 7 heteroatoms. The van der Waals surface area contributed by atoms with Gasteiger partial charge in [0.1, 0.15) is 5.69 Å². The summed E-state index contributed by atoms with van der Waals surface area (Å²) in [6, 6.07) is 18.4. The SMILES string of the molecule is COc1c(-c2ccccc2)nc2ccccc2c1C(=O)NC(C(=O)O)c1ccncc1. The summed E-state index contributed by atoms with van der Waals surface area (Å²) in [5.41, 5.74) is 2.53. The van der Waals surface area contributed by atoms with Gasteiger partial charge >= 0.3 is 5.97 Å². The van der Waals surface area contributed by atoms with Gasteiger partial charge in [0.15, 0.2) is 11.8 Å². The number of hydrogen-bond donors (Lipinski definition) is 2. The molecule has 1 unspecified atom stereocenters. The minimum atomic E-state index is -1.24. The highest BCUT2D eigenvalue weighted by molar-refractivity contribution is 6.11. The molecule has 2 N–H and O–H groups in total. The first-order valence-corrected chi connectivity index (χ1v) is 9.56. The molecule has 4 aromatic rings. The highest BCUT2D eigenvalue weighted by atomic mass is 16.5. The van der Waals surface area contributed by atoms with Crippen molar-refractivity contribution in [2.75, 3.05) is 7.11 Å². The molecule has 2 aromatic carbocycles. The molecule has 31 heavy (non-hydrogen) atoms. The van der Waals surface area contributed by atoms with E-state index in [4.69, 9.17) is 9.72 Å². The summed E-state index contributed by atoms with van der Waals surface area (Å²) in [5, 5.41) is 12.9. The maximum atomic E-state index is 13.4. The number of carboxylic acid groups (broad SMARTS) is 1. The summed E-state index contributed by atoms with van der Waals surface area (Å²) in [6.07, 6.45) is 2.96. The topological polar surface area (TPSA) is 101 Å². The fraction of sp³-hybridized carbons (Fsp3) is 0.0833. The lowest BCUT2D eigenvalue weighted by Crippen LogP contribution is -2.34. The number of amides is 1. The standard InChI is InChI=1S/C24H19N3O4/c1-31-22-19(23(28)27-21(24(29)30)16-11-13-25-14-12-16)17-9-5-6-10-18(17)26-20(22)15-7-3-2-4-8-15/h2-14,21H,1H3,(H,27,28)(H,29,30). The van der Waals surface area contributed by atoms with Crippen molar-refractivity contribution in [2.45, 2.75) is 6.04 Å². The molecular formula is C24H19N3O4. The first-order chi connectivity index (χ1) is 15.1. The van der Waals surface area contributed by atoms with Crippen molar-refractivity contribution in [3.8, 4) is 17.0 Å². The second-order valence-corrected chi connectivity index (χ2v) is 6.78. The molecular weight excluding hydrogens is 394 g/mol. The largest absolute Gasteiger partial charge is 0.494 e. The van der Waals surface area contributed by atoms with Crippen molar-refractivity contribution in [2.24, 2.45) is 0 Å². The molecule has 0 aliphatic heterocycles. The van der Waals surface area contributed by atoms with Crippen LogP contribution in [0.5, 0.6) is 5.75 Å². The molecule has 2 aromatic heterocycles. The number of benzene rings is 2. The number of nitrogens with one attached hydrogen (secondary N) is 1. The van der Waals surface area contributed by atoms with E-state index < -0.39 is 17.9 Å². The van der Waals surface area contributed by atoms with Crippen LogP contribution in [0.25, 0.3) is 22.2 Å². The molecule has 0 aliphatic rings. The van der Waals surface area contributed by atoms with Gasteiger partial charge < -0.3 is 15.2 Å². The average Bonchev–Trinajstić information content (AvgIpc) is 2.82. The maximum Gasteiger partial charge on any atom is 0.330 e. The Balaban J connectivity index is 1.87. The number of hydrogen-bond acceptors (Lipinski definition) is 5. The van der Waals surface area contributed by atoms with E-state index in [0.29, 0.717) is 22.2 Å². The van der Waals surface area contributed by atoms with Crippen LogP contribution < -0.4 is 10.1 Å². The third-order valence-electron chi connectivity index (χ3n) is 4.89. The molecule has 0 fully saturated rings. The zero-order valence-electron chi connectivity index (χ0n) is 16.6. The van der Waals surface area contributed by atoms with Crippen LogP contribution in [0, 0.1) is 0 Å². The number of pyridine rings is 2. The maximum absolute atomic E-state index is 13.4. The first-order valence-electron chi connectivity index (χ1n) is 9.56. The van der Waals surface area contributed by atoms with Crippen molar-refractivity contribution < 1.29 is 19.4 Å². The zero-order valence-corrected chi connectivity index (χ0v) is 16.6. The molecule has 154 valence electrons. The predicted molar refractivity (Wildman–Crippen MR) is 116 cm³/mol. The van der Waals surface area contributed by atoms with Gasteiger partial charge in [-0.25, -0.2) is 9.78 Å². The van der Waals surface area contributed by atoms with Gasteiger partial charge in [-0.05, 0) is 23.8 Å². The number of nitrogens with zero attached hydrogens (tertiary/aromatic N) is 2. The Kier molecular flexibility index (Phi) is 5.57. The summed E-state index contributed by atoms with van der Waals surface area (Å²) in [6.45, 7) is 0. The minimum absolute atomic E-state index is 0.229. The third-order valence-corrected chi connectivity index (χ3v) is 4.89. The summed E-state index contributed by atoms with van der Waals surface area (Å²) in [5.74, 6) is -1.47. The van der Waals surface area contributed by atoms with Crippen molar-refractivity contribution in [3.63, 3.8) is 0 Å². The number of ether oxygens (including phenoxy) is 1. The van der Waals surface area contributed by atoms with E-state index in [-0.39, 0.29) is 11.3 Å². The number of rotatable bonds is 6. The van der Waals surface area contributed by atoms with Crippen LogP contribution in [0.15, 0.2) is 79.1 Å². The molecule has 0 aliphatic carbocycles. The van der Waals surface area contributed by atoms with Gasteiger partial charge in [-0.1, -0.05) is 48.5 Å². The van der Waals surface area contributed by atoms with Crippen LogP contribution in [0.2, 0.25) is 0 Å². The van der Waals surface area contributed by atoms with E-state index in [2.05, 4.69) is 10.3 Å². The van der Waals surface area contributed by atoms with Gasteiger partial charge in [-0.2, -0.15) is 0 Å². The Bertz CT molecular complexity index is 1240. The lowest BCUT2D eigenvalue weighted by molar-refractivity contribution is -0.139. The van der Waals surface area contributed by atoms with Crippen LogP contribution in [0.4, 0.5) is 0 Å². The number of fused-ring (bicyclic) bond motifs is 1. The Morgan fingerprint density at radius 1 is 0.968 bits per heavy atom. The Morgan fingerprint density at radius 2 is 1.65 bits per heavy atom. The third kappa shape index (κ3) is 3.93. The molecule has 0 spiro atoms. The fourth-order valence-electron chi connectivity index (χ4n) is 3.46. The number of carbonyl (C=O) groups is 2. The number of aliphatic carboxylic acids is 1. The van der Waals surface area contributed by atoms with Crippen molar-refractivity contribution in [3.05, 3.63) is 90.3 Å².